The van der Waals surface area contributed by atoms with Gasteiger partial charge in [-0.15, -0.1) is 10.2 Å². The van der Waals surface area contributed by atoms with Crippen molar-refractivity contribution in [2.24, 2.45) is 0 Å². The van der Waals surface area contributed by atoms with Gasteiger partial charge < -0.3 is 15.9 Å². The molecule has 1 amide bonds. The number of benzene rings is 1. The Balaban J connectivity index is 2.09. The lowest BCUT2D eigenvalue weighted by atomic mass is 9.96. The van der Waals surface area contributed by atoms with Gasteiger partial charge in [0.05, 0.1) is 10.9 Å². The van der Waals surface area contributed by atoms with Crippen LogP contribution in [0.2, 0.25) is 0 Å². The number of halogens is 2. The number of rotatable bonds is 6. The van der Waals surface area contributed by atoms with Gasteiger partial charge in [0.25, 0.3) is 0 Å². The van der Waals surface area contributed by atoms with Gasteiger partial charge in [0, 0.05) is 5.41 Å². The fourth-order valence-corrected chi connectivity index (χ4v) is 2.85. The maximum absolute atomic E-state index is 12.5. The van der Waals surface area contributed by atoms with Crippen molar-refractivity contribution < 1.29 is 18.3 Å². The summed E-state index contributed by atoms with van der Waals surface area (Å²) in [5.41, 5.74) is -0.132. The number of para-hydroxylation sites is 2. The van der Waals surface area contributed by atoms with Crippen LogP contribution < -0.4 is 15.9 Å². The lowest BCUT2D eigenvalue weighted by molar-refractivity contribution is -0.115. The molecule has 0 saturated carbocycles. The molecule has 0 saturated heterocycles. The third-order valence-electron chi connectivity index (χ3n) is 3.35. The SMILES string of the molecule is CC(Sc1nnc(C(C)(C)C)n1N)C(=O)Nc1ccccc1OC(F)F. The van der Waals surface area contributed by atoms with E-state index in [0.717, 1.165) is 11.8 Å². The predicted octanol–water partition coefficient (Wildman–Crippen LogP) is 3.01. The molecule has 0 aliphatic heterocycles. The minimum atomic E-state index is -2.98. The molecule has 7 nitrogen and oxygen atoms in total. The van der Waals surface area contributed by atoms with Gasteiger partial charge >= 0.3 is 6.61 Å². The number of alkyl halides is 2. The minimum absolute atomic E-state index is 0.106. The van der Waals surface area contributed by atoms with Crippen molar-refractivity contribution in [3.05, 3.63) is 30.1 Å². The van der Waals surface area contributed by atoms with Crippen LogP contribution in [0, 0.1) is 0 Å². The molecule has 1 aromatic heterocycles. The number of carbonyl (C=O) groups is 1. The summed E-state index contributed by atoms with van der Waals surface area (Å²) in [6, 6.07) is 5.98. The lowest BCUT2D eigenvalue weighted by Gasteiger charge is -2.17. The number of amides is 1. The average molecular weight is 385 g/mol. The fraction of sp³-hybridized carbons (Fsp3) is 0.438. The summed E-state index contributed by atoms with van der Waals surface area (Å²) in [5, 5.41) is 10.4. The van der Waals surface area contributed by atoms with Gasteiger partial charge in [0.1, 0.15) is 5.75 Å². The maximum atomic E-state index is 12.5. The first-order valence-corrected chi connectivity index (χ1v) is 8.70. The monoisotopic (exact) mass is 385 g/mol. The van der Waals surface area contributed by atoms with Crippen molar-refractivity contribution >= 4 is 23.4 Å². The van der Waals surface area contributed by atoms with Crippen LogP contribution in [0.3, 0.4) is 0 Å². The van der Waals surface area contributed by atoms with Gasteiger partial charge in [-0.25, -0.2) is 4.68 Å². The Morgan fingerprint density at radius 2 is 1.96 bits per heavy atom. The second kappa shape index (κ2) is 7.90. The molecule has 0 aliphatic rings. The number of anilines is 1. The molecule has 1 heterocycles. The molecule has 3 N–H and O–H groups in total. The van der Waals surface area contributed by atoms with Crippen molar-refractivity contribution in [3.63, 3.8) is 0 Å². The first-order chi connectivity index (χ1) is 12.1. The van der Waals surface area contributed by atoms with Crippen molar-refractivity contribution in [3.8, 4) is 5.75 Å². The minimum Gasteiger partial charge on any atom is -0.433 e. The standard InChI is InChI=1S/C16H21F2N5O2S/c1-9(26-15-22-21-13(23(15)19)16(2,3)4)12(24)20-10-7-5-6-8-11(10)25-14(17)18/h5-9,14H,19H2,1-4H3,(H,20,24). The lowest BCUT2D eigenvalue weighted by Crippen LogP contribution is -2.26. The van der Waals surface area contributed by atoms with E-state index in [1.807, 2.05) is 20.8 Å². The first-order valence-electron chi connectivity index (χ1n) is 7.82. The topological polar surface area (TPSA) is 95.1 Å². The number of nitrogens with zero attached hydrogens (tertiary/aromatic N) is 3. The largest absolute Gasteiger partial charge is 0.433 e. The van der Waals surface area contributed by atoms with Gasteiger partial charge in [-0.05, 0) is 19.1 Å². The Labute approximate surface area is 154 Å². The quantitative estimate of drug-likeness (QED) is 0.586. The zero-order valence-electron chi connectivity index (χ0n) is 14.9. The molecule has 1 aromatic carbocycles. The average Bonchev–Trinajstić information content (AvgIpc) is 2.89. The molecular weight excluding hydrogens is 364 g/mol. The molecule has 0 aliphatic carbocycles. The Morgan fingerprint density at radius 3 is 2.54 bits per heavy atom. The Bertz CT molecular complexity index is 776. The smallest absolute Gasteiger partial charge is 0.387 e. The molecule has 2 aromatic rings. The Kier molecular flexibility index (Phi) is 6.06. The van der Waals surface area contributed by atoms with E-state index in [1.54, 1.807) is 13.0 Å². The third-order valence-corrected chi connectivity index (χ3v) is 4.40. The van der Waals surface area contributed by atoms with E-state index < -0.39 is 17.8 Å². The number of hydrogen-bond acceptors (Lipinski definition) is 6. The van der Waals surface area contributed by atoms with Crippen LogP contribution in [0.15, 0.2) is 29.4 Å². The van der Waals surface area contributed by atoms with Gasteiger partial charge in [-0.2, -0.15) is 8.78 Å². The summed E-state index contributed by atoms with van der Waals surface area (Å²) in [4.78, 5) is 12.4. The van der Waals surface area contributed by atoms with E-state index in [9.17, 15) is 13.6 Å². The Hall–Kier alpha value is -2.36. The zero-order valence-corrected chi connectivity index (χ0v) is 15.7. The van der Waals surface area contributed by atoms with E-state index in [0.29, 0.717) is 11.0 Å². The molecular formula is C16H21F2N5O2S. The number of nitrogens with one attached hydrogen (secondary N) is 1. The van der Waals surface area contributed by atoms with Gasteiger partial charge in [0.15, 0.2) is 5.82 Å². The molecule has 142 valence electrons. The van der Waals surface area contributed by atoms with Crippen LogP contribution in [0.25, 0.3) is 0 Å². The molecule has 26 heavy (non-hydrogen) atoms. The molecule has 2 rings (SSSR count). The normalized spacial score (nSPS) is 12.9. The van der Waals surface area contributed by atoms with Crippen molar-refractivity contribution in [2.45, 2.75) is 50.1 Å². The molecule has 1 atom stereocenters. The molecule has 0 bridgehead atoms. The molecule has 1 unspecified atom stereocenters. The van der Waals surface area contributed by atoms with Crippen LogP contribution in [0.1, 0.15) is 33.5 Å². The molecule has 0 radical (unpaired) electrons. The number of nitrogen functional groups attached to an aromatic ring is 1. The number of hydrogen-bond donors (Lipinski definition) is 2. The number of thioether (sulfide) groups is 1. The summed E-state index contributed by atoms with van der Waals surface area (Å²) in [6.45, 7) is 4.52. The van der Waals surface area contributed by atoms with E-state index >= 15 is 0 Å². The highest BCUT2D eigenvalue weighted by Gasteiger charge is 2.25. The first kappa shape index (κ1) is 20.0. The molecule has 10 heteroatoms. The van der Waals surface area contributed by atoms with Gasteiger partial charge in [0.2, 0.25) is 11.1 Å². The van der Waals surface area contributed by atoms with Gasteiger partial charge in [-0.3, -0.25) is 4.79 Å². The number of aromatic nitrogens is 3. The van der Waals surface area contributed by atoms with E-state index in [4.69, 9.17) is 5.84 Å². The van der Waals surface area contributed by atoms with Crippen LogP contribution in [0.4, 0.5) is 14.5 Å². The highest BCUT2D eigenvalue weighted by molar-refractivity contribution is 8.00. The number of ether oxygens (including phenoxy) is 1. The summed E-state index contributed by atoms with van der Waals surface area (Å²) in [5.74, 6) is 6.08. The van der Waals surface area contributed by atoms with Crippen molar-refractivity contribution in [1.82, 2.24) is 14.9 Å². The van der Waals surface area contributed by atoms with Gasteiger partial charge in [-0.1, -0.05) is 44.7 Å². The number of carbonyl (C=O) groups excluding carboxylic acids is 1. The Morgan fingerprint density at radius 1 is 1.31 bits per heavy atom. The fourth-order valence-electron chi connectivity index (χ4n) is 2.08. The highest BCUT2D eigenvalue weighted by Crippen LogP contribution is 2.29. The van der Waals surface area contributed by atoms with E-state index in [-0.39, 0.29) is 16.9 Å². The summed E-state index contributed by atoms with van der Waals surface area (Å²) < 4.78 is 30.7. The second-order valence-electron chi connectivity index (χ2n) is 6.55. The van der Waals surface area contributed by atoms with Crippen LogP contribution in [0.5, 0.6) is 5.75 Å². The summed E-state index contributed by atoms with van der Waals surface area (Å²) in [6.07, 6.45) is 0. The zero-order chi connectivity index (χ0) is 19.5. The van der Waals surface area contributed by atoms with Crippen LogP contribution >= 0.6 is 11.8 Å². The molecule has 0 spiro atoms. The highest BCUT2D eigenvalue weighted by atomic mass is 32.2. The van der Waals surface area contributed by atoms with Crippen LogP contribution in [-0.2, 0) is 10.2 Å². The van der Waals surface area contributed by atoms with Crippen LogP contribution in [-0.4, -0.2) is 32.6 Å². The molecule has 0 fully saturated rings. The number of nitrogens with two attached hydrogens (primary N) is 1. The van der Waals surface area contributed by atoms with Crippen molar-refractivity contribution in [1.29, 1.82) is 0 Å². The second-order valence-corrected chi connectivity index (χ2v) is 7.86. The third kappa shape index (κ3) is 4.84. The van der Waals surface area contributed by atoms with E-state index in [1.165, 1.54) is 22.9 Å². The summed E-state index contributed by atoms with van der Waals surface area (Å²) in [7, 11) is 0. The predicted molar refractivity (Wildman–Crippen MR) is 95.9 cm³/mol. The van der Waals surface area contributed by atoms with E-state index in [2.05, 4.69) is 20.3 Å². The van der Waals surface area contributed by atoms with Crippen molar-refractivity contribution in [2.75, 3.05) is 11.2 Å². The summed E-state index contributed by atoms with van der Waals surface area (Å²) >= 11 is 1.12. The maximum Gasteiger partial charge on any atom is 0.387 e.